The van der Waals surface area contributed by atoms with Gasteiger partial charge >= 0.3 is 0 Å². The maximum atomic E-state index is 4.16. The van der Waals surface area contributed by atoms with Gasteiger partial charge in [-0.1, -0.05) is 6.07 Å². The van der Waals surface area contributed by atoms with Crippen LogP contribution >= 0.6 is 11.3 Å². The van der Waals surface area contributed by atoms with Gasteiger partial charge in [0.2, 0.25) is 5.95 Å². The van der Waals surface area contributed by atoms with Crippen molar-refractivity contribution >= 4 is 23.0 Å². The molecular weight excluding hydrogens is 270 g/mol. The summed E-state index contributed by atoms with van der Waals surface area (Å²) < 4.78 is 4.15. The topological polar surface area (TPSA) is 47.7 Å². The lowest BCUT2D eigenvalue weighted by Gasteiger charge is -2.24. The molecule has 0 spiro atoms. The van der Waals surface area contributed by atoms with E-state index in [0.717, 1.165) is 17.3 Å². The van der Waals surface area contributed by atoms with Crippen molar-refractivity contribution in [2.24, 2.45) is 7.05 Å². The van der Waals surface area contributed by atoms with E-state index in [1.165, 1.54) is 4.88 Å². The number of allylic oxidation sites excluding steroid dienone is 1. The largest absolute Gasteiger partial charge is 0.349 e. The van der Waals surface area contributed by atoms with Gasteiger partial charge in [0.05, 0.1) is 17.4 Å². The Morgan fingerprint density at radius 3 is 3.00 bits per heavy atom. The maximum Gasteiger partial charge on any atom is 0.229 e. The molecule has 0 fully saturated rings. The van der Waals surface area contributed by atoms with Crippen LogP contribution in [0.5, 0.6) is 0 Å². The third kappa shape index (κ3) is 1.69. The van der Waals surface area contributed by atoms with Crippen LogP contribution in [0.4, 0.5) is 5.95 Å². The molecule has 0 amide bonds. The molecule has 100 valence electrons. The molecule has 0 saturated heterocycles. The van der Waals surface area contributed by atoms with Crippen molar-refractivity contribution in [3.05, 3.63) is 58.8 Å². The molecule has 1 atom stereocenters. The van der Waals surface area contributed by atoms with Gasteiger partial charge in [-0.05, 0) is 29.7 Å². The SMILES string of the molecule is Cn1cccc1C1=CC(c2cccs2)n2cnnc2N1. The number of anilines is 1. The number of nitrogens with one attached hydrogen (secondary N) is 1. The third-order valence-corrected chi connectivity index (χ3v) is 4.44. The summed E-state index contributed by atoms with van der Waals surface area (Å²) in [6.07, 6.45) is 6.03. The van der Waals surface area contributed by atoms with Gasteiger partial charge in [-0.15, -0.1) is 21.5 Å². The lowest BCUT2D eigenvalue weighted by Crippen LogP contribution is -2.18. The zero-order valence-corrected chi connectivity index (χ0v) is 11.7. The van der Waals surface area contributed by atoms with E-state index in [0.29, 0.717) is 0 Å². The lowest BCUT2D eigenvalue weighted by atomic mass is 10.1. The molecule has 0 radical (unpaired) electrons. The molecule has 0 aromatic carbocycles. The van der Waals surface area contributed by atoms with Crippen LogP contribution in [0.15, 0.2) is 48.2 Å². The Hall–Kier alpha value is -2.34. The Labute approximate surface area is 120 Å². The number of fused-ring (bicyclic) bond motifs is 1. The van der Waals surface area contributed by atoms with E-state index in [2.05, 4.69) is 54.3 Å². The van der Waals surface area contributed by atoms with E-state index in [-0.39, 0.29) is 6.04 Å². The van der Waals surface area contributed by atoms with Gasteiger partial charge in [-0.2, -0.15) is 0 Å². The lowest BCUT2D eigenvalue weighted by molar-refractivity contribution is 0.705. The molecule has 1 aliphatic heterocycles. The first kappa shape index (κ1) is 11.5. The van der Waals surface area contributed by atoms with E-state index in [1.54, 1.807) is 17.7 Å². The molecule has 4 heterocycles. The molecule has 1 N–H and O–H groups in total. The van der Waals surface area contributed by atoms with Crippen LogP contribution in [0.2, 0.25) is 0 Å². The molecule has 1 unspecified atom stereocenters. The minimum atomic E-state index is 0.145. The summed E-state index contributed by atoms with van der Waals surface area (Å²) in [6.45, 7) is 0. The first-order valence-electron chi connectivity index (χ1n) is 6.36. The molecule has 0 aliphatic carbocycles. The smallest absolute Gasteiger partial charge is 0.229 e. The van der Waals surface area contributed by atoms with Gasteiger partial charge in [0.25, 0.3) is 0 Å². The van der Waals surface area contributed by atoms with Crippen molar-refractivity contribution in [1.29, 1.82) is 0 Å². The highest BCUT2D eigenvalue weighted by molar-refractivity contribution is 7.10. The van der Waals surface area contributed by atoms with Gasteiger partial charge in [0.15, 0.2) is 0 Å². The first-order chi connectivity index (χ1) is 9.83. The number of rotatable bonds is 2. The molecule has 0 saturated carbocycles. The second-order valence-electron chi connectivity index (χ2n) is 4.73. The molecule has 4 rings (SSSR count). The molecule has 1 aliphatic rings. The van der Waals surface area contributed by atoms with Crippen LogP contribution in [0.1, 0.15) is 16.6 Å². The zero-order chi connectivity index (χ0) is 13.5. The Bertz CT molecular complexity index is 765. The molecule has 5 nitrogen and oxygen atoms in total. The Kier molecular flexibility index (Phi) is 2.50. The van der Waals surface area contributed by atoms with E-state index in [9.17, 15) is 0 Å². The Balaban J connectivity index is 1.85. The van der Waals surface area contributed by atoms with E-state index >= 15 is 0 Å². The Morgan fingerprint density at radius 2 is 2.25 bits per heavy atom. The molecule has 0 bridgehead atoms. The van der Waals surface area contributed by atoms with Crippen molar-refractivity contribution < 1.29 is 0 Å². The number of nitrogens with zero attached hydrogens (tertiary/aromatic N) is 4. The summed E-state index contributed by atoms with van der Waals surface area (Å²) in [5.41, 5.74) is 2.21. The fourth-order valence-corrected chi connectivity index (χ4v) is 3.30. The molecule has 3 aromatic rings. The summed E-state index contributed by atoms with van der Waals surface area (Å²) in [5, 5.41) is 13.6. The summed E-state index contributed by atoms with van der Waals surface area (Å²) >= 11 is 1.74. The number of aromatic nitrogens is 4. The predicted molar refractivity (Wildman–Crippen MR) is 79.5 cm³/mol. The van der Waals surface area contributed by atoms with Crippen LogP contribution in [-0.2, 0) is 7.05 Å². The van der Waals surface area contributed by atoms with E-state index in [1.807, 2.05) is 19.3 Å². The van der Waals surface area contributed by atoms with Crippen LogP contribution < -0.4 is 5.32 Å². The standard InChI is InChI=1S/C14H13N5S/c1-18-6-2-4-11(18)10-8-12(13-5-3-7-20-13)19-9-15-17-14(19)16-10/h2-9,12H,1H3,(H,16,17). The first-order valence-corrected chi connectivity index (χ1v) is 7.24. The second-order valence-corrected chi connectivity index (χ2v) is 5.71. The fourth-order valence-electron chi connectivity index (χ4n) is 2.50. The average molecular weight is 283 g/mol. The quantitative estimate of drug-likeness (QED) is 0.786. The predicted octanol–water partition coefficient (Wildman–Crippen LogP) is 2.73. The highest BCUT2D eigenvalue weighted by Crippen LogP contribution is 2.34. The normalized spacial score (nSPS) is 17.4. The van der Waals surface area contributed by atoms with Gasteiger partial charge < -0.3 is 9.88 Å². The average Bonchev–Trinajstić information content (AvgIpc) is 3.18. The second kappa shape index (κ2) is 4.35. The number of thiophene rings is 1. The van der Waals surface area contributed by atoms with Crippen molar-refractivity contribution in [2.45, 2.75) is 6.04 Å². The van der Waals surface area contributed by atoms with Crippen LogP contribution in [0.3, 0.4) is 0 Å². The third-order valence-electron chi connectivity index (χ3n) is 3.50. The minimum absolute atomic E-state index is 0.145. The van der Waals surface area contributed by atoms with E-state index < -0.39 is 0 Å². The highest BCUT2D eigenvalue weighted by atomic mass is 32.1. The number of aryl methyl sites for hydroxylation is 1. The molecule has 6 heteroatoms. The Morgan fingerprint density at radius 1 is 1.30 bits per heavy atom. The molecule has 20 heavy (non-hydrogen) atoms. The maximum absolute atomic E-state index is 4.16. The van der Waals surface area contributed by atoms with Crippen LogP contribution in [0, 0.1) is 0 Å². The van der Waals surface area contributed by atoms with Crippen molar-refractivity contribution in [1.82, 2.24) is 19.3 Å². The minimum Gasteiger partial charge on any atom is -0.349 e. The number of hydrogen-bond acceptors (Lipinski definition) is 4. The van der Waals surface area contributed by atoms with Gasteiger partial charge in [0, 0.05) is 18.1 Å². The van der Waals surface area contributed by atoms with E-state index in [4.69, 9.17) is 0 Å². The zero-order valence-electron chi connectivity index (χ0n) is 10.9. The number of hydrogen-bond donors (Lipinski definition) is 1. The molecule has 3 aromatic heterocycles. The summed E-state index contributed by atoms with van der Waals surface area (Å²) in [7, 11) is 2.04. The highest BCUT2D eigenvalue weighted by Gasteiger charge is 2.24. The van der Waals surface area contributed by atoms with Crippen LogP contribution in [-0.4, -0.2) is 19.3 Å². The van der Waals surface area contributed by atoms with Crippen molar-refractivity contribution in [3.8, 4) is 0 Å². The summed E-state index contributed by atoms with van der Waals surface area (Å²) in [6, 6.07) is 8.49. The van der Waals surface area contributed by atoms with Gasteiger partial charge in [-0.3, -0.25) is 4.57 Å². The van der Waals surface area contributed by atoms with Gasteiger partial charge in [0.1, 0.15) is 6.33 Å². The van der Waals surface area contributed by atoms with Crippen molar-refractivity contribution in [2.75, 3.05) is 5.32 Å². The fraction of sp³-hybridized carbons (Fsp3) is 0.143. The van der Waals surface area contributed by atoms with Gasteiger partial charge in [-0.25, -0.2) is 0 Å². The summed E-state index contributed by atoms with van der Waals surface area (Å²) in [5.74, 6) is 0.780. The van der Waals surface area contributed by atoms with Crippen LogP contribution in [0.25, 0.3) is 5.70 Å². The van der Waals surface area contributed by atoms with Crippen molar-refractivity contribution in [3.63, 3.8) is 0 Å². The molecular formula is C14H13N5S. The monoisotopic (exact) mass is 283 g/mol. The summed E-state index contributed by atoms with van der Waals surface area (Å²) in [4.78, 5) is 1.28.